The van der Waals surface area contributed by atoms with Crippen molar-refractivity contribution in [1.82, 2.24) is 10.2 Å². The van der Waals surface area contributed by atoms with Crippen molar-refractivity contribution in [3.63, 3.8) is 0 Å². The van der Waals surface area contributed by atoms with Crippen molar-refractivity contribution in [2.75, 3.05) is 73.1 Å². The Hall–Kier alpha value is -2.95. The highest BCUT2D eigenvalue weighted by Gasteiger charge is 2.11. The van der Waals surface area contributed by atoms with Gasteiger partial charge in [-0.2, -0.15) is 0 Å². The van der Waals surface area contributed by atoms with E-state index in [1.165, 1.54) is 5.70 Å². The van der Waals surface area contributed by atoms with E-state index in [4.69, 9.17) is 28.4 Å². The van der Waals surface area contributed by atoms with E-state index in [0.29, 0.717) is 78.6 Å². The van der Waals surface area contributed by atoms with E-state index < -0.39 is 0 Å². The first-order chi connectivity index (χ1) is 20.6. The Morgan fingerprint density at radius 2 is 1.45 bits per heavy atom. The number of nitrogens with zero attached hydrogens (tertiary/aromatic N) is 2. The lowest BCUT2D eigenvalue weighted by atomic mass is 10.2. The third kappa shape index (κ3) is 20.0. The molecule has 0 radical (unpaired) electrons. The minimum Gasteiger partial charge on any atom is -0.477 e. The summed E-state index contributed by atoms with van der Waals surface area (Å²) in [6.45, 7) is 15.7. The van der Waals surface area contributed by atoms with E-state index in [-0.39, 0.29) is 6.17 Å². The molecule has 0 amide bonds. The second-order valence-electron chi connectivity index (χ2n) is 9.11. The summed E-state index contributed by atoms with van der Waals surface area (Å²) in [5.74, 6) is 0.677. The monoisotopic (exact) mass is 587 g/mol. The standard InChI is InChI=1S/C33H53N3O6/c1-6-13-32(8-3)35-18-12-17-34-30(4)36(5)33(14-7-2)42-28-27-40-24-23-38-20-19-37-21-22-39-25-26-41-29-31-15-10-9-11-16-31/h7,9-18,30,35H,2,6,8,19-29H2,1,3-5H3/b18-12+,32-13+,33-14+,34-17?. The van der Waals surface area contributed by atoms with Crippen molar-refractivity contribution in [2.45, 2.75) is 46.4 Å². The van der Waals surface area contributed by atoms with Crippen LogP contribution in [-0.2, 0) is 35.0 Å². The molecule has 0 spiro atoms. The number of allylic oxidation sites excluding steroid dienone is 5. The third-order valence-electron chi connectivity index (χ3n) is 5.83. The molecule has 1 rings (SSSR count). The topological polar surface area (TPSA) is 83.0 Å². The number of hydrogen-bond acceptors (Lipinski definition) is 9. The molecule has 0 heterocycles. The summed E-state index contributed by atoms with van der Waals surface area (Å²) >= 11 is 0. The van der Waals surface area contributed by atoms with E-state index in [1.54, 1.807) is 12.3 Å². The van der Waals surface area contributed by atoms with Gasteiger partial charge in [0.15, 0.2) is 5.88 Å². The van der Waals surface area contributed by atoms with E-state index in [0.717, 1.165) is 18.4 Å². The van der Waals surface area contributed by atoms with Gasteiger partial charge in [0.05, 0.1) is 66.1 Å². The SMILES string of the molecule is C=C/C=C(/OCCOCCOCCOCCOCCOCc1ccccc1)N(C)C(C)N=C/C=C/N/C(=C/CC)CC. The third-order valence-corrected chi connectivity index (χ3v) is 5.83. The quantitative estimate of drug-likeness (QED) is 0.0628. The molecule has 0 aliphatic heterocycles. The fraction of sp³-hybridized carbons (Fsp3) is 0.545. The van der Waals surface area contributed by atoms with Crippen LogP contribution in [-0.4, -0.2) is 90.4 Å². The lowest BCUT2D eigenvalue weighted by Gasteiger charge is -2.26. The van der Waals surface area contributed by atoms with Crippen LogP contribution in [0.2, 0.25) is 0 Å². The lowest BCUT2D eigenvalue weighted by Crippen LogP contribution is -2.29. The number of benzene rings is 1. The summed E-state index contributed by atoms with van der Waals surface area (Å²) in [4.78, 5) is 6.51. The van der Waals surface area contributed by atoms with Crippen molar-refractivity contribution < 1.29 is 28.4 Å². The summed E-state index contributed by atoms with van der Waals surface area (Å²) < 4.78 is 33.7. The van der Waals surface area contributed by atoms with E-state index >= 15 is 0 Å². The highest BCUT2D eigenvalue weighted by atomic mass is 16.6. The van der Waals surface area contributed by atoms with Gasteiger partial charge in [-0.05, 0) is 37.5 Å². The second kappa shape index (κ2) is 26.9. The summed E-state index contributed by atoms with van der Waals surface area (Å²) in [7, 11) is 1.93. The molecule has 236 valence electrons. The summed E-state index contributed by atoms with van der Waals surface area (Å²) in [5, 5.41) is 3.28. The number of ether oxygens (including phenoxy) is 6. The number of rotatable bonds is 27. The second-order valence-corrected chi connectivity index (χ2v) is 9.11. The average molecular weight is 588 g/mol. The number of nitrogens with one attached hydrogen (secondary N) is 1. The van der Waals surface area contributed by atoms with Crippen LogP contribution in [0.3, 0.4) is 0 Å². The first kappa shape index (κ1) is 37.1. The molecule has 0 aliphatic carbocycles. The summed E-state index contributed by atoms with van der Waals surface area (Å²) in [6, 6.07) is 10.1. The van der Waals surface area contributed by atoms with Crippen molar-refractivity contribution in [2.24, 2.45) is 4.99 Å². The van der Waals surface area contributed by atoms with Crippen LogP contribution in [0.25, 0.3) is 0 Å². The minimum atomic E-state index is -0.111. The zero-order valence-electron chi connectivity index (χ0n) is 26.2. The fourth-order valence-corrected chi connectivity index (χ4v) is 3.43. The largest absolute Gasteiger partial charge is 0.477 e. The molecule has 1 unspecified atom stereocenters. The van der Waals surface area contributed by atoms with Crippen LogP contribution in [0.15, 0.2) is 84.0 Å². The van der Waals surface area contributed by atoms with Gasteiger partial charge in [-0.15, -0.1) is 0 Å². The summed E-state index contributed by atoms with van der Waals surface area (Å²) in [5.41, 5.74) is 2.36. The van der Waals surface area contributed by atoms with Gasteiger partial charge >= 0.3 is 0 Å². The minimum absolute atomic E-state index is 0.111. The van der Waals surface area contributed by atoms with Crippen LogP contribution < -0.4 is 5.32 Å². The molecule has 9 heteroatoms. The maximum absolute atomic E-state index is 5.90. The first-order valence-electron chi connectivity index (χ1n) is 14.9. The normalized spacial score (nSPS) is 13.1. The Morgan fingerprint density at radius 3 is 2.00 bits per heavy atom. The van der Waals surface area contributed by atoms with Crippen molar-refractivity contribution in [3.05, 3.63) is 84.6 Å². The lowest BCUT2D eigenvalue weighted by molar-refractivity contribution is -0.0173. The molecule has 0 saturated carbocycles. The van der Waals surface area contributed by atoms with Gasteiger partial charge in [0.25, 0.3) is 0 Å². The van der Waals surface area contributed by atoms with Gasteiger partial charge in [0.1, 0.15) is 12.8 Å². The average Bonchev–Trinajstić information content (AvgIpc) is 3.01. The molecule has 1 aromatic carbocycles. The molecule has 0 aliphatic rings. The number of hydrogen-bond donors (Lipinski definition) is 1. The fourth-order valence-electron chi connectivity index (χ4n) is 3.43. The zero-order valence-corrected chi connectivity index (χ0v) is 26.2. The summed E-state index contributed by atoms with van der Waals surface area (Å²) in [6.07, 6.45) is 13.1. The van der Waals surface area contributed by atoms with Crippen LogP contribution >= 0.6 is 0 Å². The van der Waals surface area contributed by atoms with Crippen LogP contribution in [0.5, 0.6) is 0 Å². The predicted octanol–water partition coefficient (Wildman–Crippen LogP) is 5.47. The molecule has 0 fully saturated rings. The molecule has 42 heavy (non-hydrogen) atoms. The maximum Gasteiger partial charge on any atom is 0.190 e. The van der Waals surface area contributed by atoms with E-state index in [2.05, 4.69) is 36.8 Å². The maximum atomic E-state index is 5.90. The Kier molecular flexibility index (Phi) is 23.8. The van der Waals surface area contributed by atoms with E-state index in [9.17, 15) is 0 Å². The molecular formula is C33H53N3O6. The molecule has 0 saturated heterocycles. The predicted molar refractivity (Wildman–Crippen MR) is 170 cm³/mol. The molecular weight excluding hydrogens is 534 g/mol. The van der Waals surface area contributed by atoms with Gasteiger partial charge in [0, 0.05) is 25.2 Å². The Morgan fingerprint density at radius 1 is 0.881 bits per heavy atom. The van der Waals surface area contributed by atoms with E-state index in [1.807, 2.05) is 67.6 Å². The van der Waals surface area contributed by atoms with Gasteiger partial charge in [-0.25, -0.2) is 0 Å². The van der Waals surface area contributed by atoms with Crippen LogP contribution in [0.4, 0.5) is 0 Å². The van der Waals surface area contributed by atoms with Crippen molar-refractivity contribution >= 4 is 6.21 Å². The highest BCUT2D eigenvalue weighted by Crippen LogP contribution is 2.10. The Bertz CT molecular complexity index is 904. The van der Waals surface area contributed by atoms with Crippen molar-refractivity contribution in [3.8, 4) is 0 Å². The molecule has 1 aromatic rings. The van der Waals surface area contributed by atoms with Crippen LogP contribution in [0, 0.1) is 0 Å². The van der Waals surface area contributed by atoms with Gasteiger partial charge < -0.3 is 38.6 Å². The van der Waals surface area contributed by atoms with Gasteiger partial charge in [-0.3, -0.25) is 4.99 Å². The number of aliphatic imine (C=N–C) groups is 1. The van der Waals surface area contributed by atoms with Gasteiger partial charge in [0.2, 0.25) is 0 Å². The Balaban J connectivity index is 2.01. The van der Waals surface area contributed by atoms with Gasteiger partial charge in [-0.1, -0.05) is 62.9 Å². The molecule has 1 N–H and O–H groups in total. The molecule has 9 nitrogen and oxygen atoms in total. The Labute approximate surface area is 253 Å². The molecule has 0 bridgehead atoms. The van der Waals surface area contributed by atoms with Crippen molar-refractivity contribution in [1.29, 1.82) is 0 Å². The molecule has 0 aromatic heterocycles. The van der Waals surface area contributed by atoms with Crippen LogP contribution in [0.1, 0.15) is 39.2 Å². The molecule has 1 atom stereocenters. The first-order valence-corrected chi connectivity index (χ1v) is 14.9. The highest BCUT2D eigenvalue weighted by molar-refractivity contribution is 5.71. The zero-order chi connectivity index (χ0) is 30.5. The smallest absolute Gasteiger partial charge is 0.190 e.